The lowest BCUT2D eigenvalue weighted by Crippen LogP contribution is -2.19. The smallest absolute Gasteiger partial charge is 0.275 e. The molecule has 7 heteroatoms. The minimum Gasteiger partial charge on any atom is -0.354 e. The Balaban J connectivity index is 1.41. The number of para-hydroxylation sites is 1. The fraction of sp³-hybridized carbons (Fsp3) is 0.107. The van der Waals surface area contributed by atoms with Gasteiger partial charge in [0.25, 0.3) is 11.8 Å². The van der Waals surface area contributed by atoms with Gasteiger partial charge in [0.15, 0.2) is 0 Å². The van der Waals surface area contributed by atoms with Gasteiger partial charge in [0, 0.05) is 32.3 Å². The molecule has 3 aromatic rings. The number of amides is 2. The van der Waals surface area contributed by atoms with Crippen LogP contribution in [0, 0.1) is 0 Å². The molecule has 35 heavy (non-hydrogen) atoms. The lowest BCUT2D eigenvalue weighted by molar-refractivity contribution is -0.116. The van der Waals surface area contributed by atoms with Crippen LogP contribution in [0.2, 0.25) is 0 Å². The zero-order chi connectivity index (χ0) is 24.2. The largest absolute Gasteiger partial charge is 0.354 e. The van der Waals surface area contributed by atoms with Crippen molar-refractivity contribution in [2.75, 3.05) is 10.6 Å². The van der Waals surface area contributed by atoms with Crippen LogP contribution in [0.5, 0.6) is 0 Å². The Morgan fingerprint density at radius 2 is 1.71 bits per heavy atom. The van der Waals surface area contributed by atoms with Crippen LogP contribution in [-0.4, -0.2) is 17.5 Å². The summed E-state index contributed by atoms with van der Waals surface area (Å²) in [6, 6.07) is 24.9. The molecule has 0 spiro atoms. The minimum absolute atomic E-state index is 0.142. The van der Waals surface area contributed by atoms with Crippen LogP contribution < -0.4 is 16.1 Å². The summed E-state index contributed by atoms with van der Waals surface area (Å²) in [7, 11) is 0. The van der Waals surface area contributed by atoms with Gasteiger partial charge in [-0.1, -0.05) is 61.5 Å². The van der Waals surface area contributed by atoms with Crippen molar-refractivity contribution in [2.24, 2.45) is 5.10 Å². The maximum absolute atomic E-state index is 12.6. The lowest BCUT2D eigenvalue weighted by atomic mass is 10.0. The highest BCUT2D eigenvalue weighted by molar-refractivity contribution is 8.08. The predicted octanol–water partition coefficient (Wildman–Crippen LogP) is 6.04. The minimum atomic E-state index is -0.186. The van der Waals surface area contributed by atoms with Crippen molar-refractivity contribution < 1.29 is 9.59 Å². The fourth-order valence-electron chi connectivity index (χ4n) is 4.00. The molecule has 6 nitrogen and oxygen atoms in total. The van der Waals surface area contributed by atoms with Crippen LogP contribution in [0.3, 0.4) is 0 Å². The van der Waals surface area contributed by atoms with Crippen LogP contribution in [0.15, 0.2) is 106 Å². The van der Waals surface area contributed by atoms with Gasteiger partial charge in [0.05, 0.1) is 17.0 Å². The van der Waals surface area contributed by atoms with E-state index in [1.54, 1.807) is 23.9 Å². The Bertz CT molecular complexity index is 1380. The number of anilines is 2. The number of benzene rings is 3. The zero-order valence-corrected chi connectivity index (χ0v) is 20.0. The molecule has 174 valence electrons. The second-order valence-electron chi connectivity index (χ2n) is 8.16. The van der Waals surface area contributed by atoms with E-state index in [2.05, 4.69) is 34.2 Å². The van der Waals surface area contributed by atoms with Crippen molar-refractivity contribution in [3.05, 3.63) is 107 Å². The number of rotatable bonds is 6. The van der Waals surface area contributed by atoms with E-state index in [-0.39, 0.29) is 11.8 Å². The summed E-state index contributed by atoms with van der Waals surface area (Å²) in [6.45, 7) is 2.07. The predicted molar refractivity (Wildman–Crippen MR) is 142 cm³/mol. The van der Waals surface area contributed by atoms with Crippen LogP contribution in [0.1, 0.15) is 35.7 Å². The second kappa shape index (κ2) is 10.0. The van der Waals surface area contributed by atoms with E-state index in [4.69, 9.17) is 0 Å². The molecule has 0 radical (unpaired) electrons. The average Bonchev–Trinajstić information content (AvgIpc) is 3.25. The quantitative estimate of drug-likeness (QED) is 0.376. The van der Waals surface area contributed by atoms with Gasteiger partial charge in [-0.15, -0.1) is 0 Å². The molecule has 0 saturated heterocycles. The van der Waals surface area contributed by atoms with E-state index in [1.165, 1.54) is 0 Å². The molecule has 0 aromatic heterocycles. The number of nitrogens with zero attached hydrogens (tertiary/aromatic N) is 1. The summed E-state index contributed by atoms with van der Waals surface area (Å²) in [4.78, 5) is 27.1. The Kier molecular flexibility index (Phi) is 6.50. The van der Waals surface area contributed by atoms with E-state index in [0.29, 0.717) is 11.1 Å². The normalized spacial score (nSPS) is 16.5. The van der Waals surface area contributed by atoms with Crippen molar-refractivity contribution >= 4 is 45.6 Å². The zero-order valence-electron chi connectivity index (χ0n) is 19.2. The van der Waals surface area contributed by atoms with Gasteiger partial charge in [-0.2, -0.15) is 5.10 Å². The molecule has 0 aliphatic carbocycles. The third-order valence-electron chi connectivity index (χ3n) is 5.68. The number of hydrogen-bond donors (Lipinski definition) is 3. The van der Waals surface area contributed by atoms with Crippen LogP contribution in [0.25, 0.3) is 4.91 Å². The van der Waals surface area contributed by atoms with Crippen molar-refractivity contribution in [3.63, 3.8) is 0 Å². The lowest BCUT2D eigenvalue weighted by Gasteiger charge is -2.22. The van der Waals surface area contributed by atoms with Gasteiger partial charge in [0.2, 0.25) is 0 Å². The number of carbonyl (C=O) groups excluding carboxylic acids is 2. The van der Waals surface area contributed by atoms with E-state index in [1.807, 2.05) is 66.7 Å². The third kappa shape index (κ3) is 4.90. The first-order valence-corrected chi connectivity index (χ1v) is 12.3. The third-order valence-corrected chi connectivity index (χ3v) is 6.74. The number of nitrogens with one attached hydrogen (secondary N) is 3. The number of hydrazone groups is 1. The molecule has 0 unspecified atom stereocenters. The van der Waals surface area contributed by atoms with E-state index < -0.39 is 0 Å². The van der Waals surface area contributed by atoms with Crippen LogP contribution in [0.4, 0.5) is 11.4 Å². The van der Waals surface area contributed by atoms with Crippen LogP contribution >= 0.6 is 11.8 Å². The van der Waals surface area contributed by atoms with Gasteiger partial charge in [0.1, 0.15) is 0 Å². The molecular formula is C28H24N4O2S. The molecular weight excluding hydrogens is 456 g/mol. The Hall–Kier alpha value is -4.10. The van der Waals surface area contributed by atoms with E-state index >= 15 is 0 Å². The van der Waals surface area contributed by atoms with Crippen molar-refractivity contribution in [3.8, 4) is 0 Å². The summed E-state index contributed by atoms with van der Waals surface area (Å²) in [5, 5.41) is 10.6. The van der Waals surface area contributed by atoms with Gasteiger partial charge >= 0.3 is 0 Å². The topological polar surface area (TPSA) is 82.6 Å². The molecule has 2 amide bonds. The molecule has 0 saturated carbocycles. The molecule has 2 heterocycles. The van der Waals surface area contributed by atoms with Crippen LogP contribution in [-0.2, 0) is 4.79 Å². The Morgan fingerprint density at radius 1 is 0.971 bits per heavy atom. The standard InChI is InChI=1S/C28H24N4O2S/c1-2-8-23-26(28(34)32-31-23)24-17-25(21-11-6-7-12-22(21)30-24)35-20-15-13-19(14-16-20)29-27(33)18-9-4-3-5-10-18/h3-7,9-17,30H,2,8H2,1H3,(H,29,33)(H,32,34)/b26-24-. The first-order valence-electron chi connectivity index (χ1n) is 11.5. The van der Waals surface area contributed by atoms with Gasteiger partial charge < -0.3 is 10.6 Å². The van der Waals surface area contributed by atoms with E-state index in [0.717, 1.165) is 51.0 Å². The summed E-state index contributed by atoms with van der Waals surface area (Å²) in [6.07, 6.45) is 3.65. The molecule has 5 rings (SSSR count). The molecule has 0 atom stereocenters. The highest BCUT2D eigenvalue weighted by Crippen LogP contribution is 2.42. The van der Waals surface area contributed by atoms with Crippen molar-refractivity contribution in [1.82, 2.24) is 5.43 Å². The second-order valence-corrected chi connectivity index (χ2v) is 9.28. The summed E-state index contributed by atoms with van der Waals surface area (Å²) < 4.78 is 0. The van der Waals surface area contributed by atoms with Crippen molar-refractivity contribution in [2.45, 2.75) is 24.7 Å². The number of hydrogen-bond acceptors (Lipinski definition) is 5. The molecule has 2 aliphatic rings. The monoisotopic (exact) mass is 480 g/mol. The summed E-state index contributed by atoms with van der Waals surface area (Å²) >= 11 is 1.61. The Morgan fingerprint density at radius 3 is 2.49 bits per heavy atom. The van der Waals surface area contributed by atoms with Gasteiger partial charge in [-0.05, 0) is 55.0 Å². The first-order chi connectivity index (χ1) is 17.1. The number of carbonyl (C=O) groups is 2. The molecule has 0 bridgehead atoms. The summed E-state index contributed by atoms with van der Waals surface area (Å²) in [5.41, 5.74) is 8.08. The average molecular weight is 481 g/mol. The Labute approximate surface area is 208 Å². The number of fused-ring (bicyclic) bond motifs is 1. The first kappa shape index (κ1) is 22.7. The van der Waals surface area contributed by atoms with Crippen molar-refractivity contribution in [1.29, 1.82) is 0 Å². The number of allylic oxidation sites excluding steroid dienone is 1. The maximum Gasteiger partial charge on any atom is 0.275 e. The van der Waals surface area contributed by atoms with E-state index in [9.17, 15) is 9.59 Å². The highest BCUT2D eigenvalue weighted by Gasteiger charge is 2.28. The fourth-order valence-corrected chi connectivity index (χ4v) is 4.99. The van der Waals surface area contributed by atoms with Gasteiger partial charge in [-0.25, -0.2) is 5.43 Å². The maximum atomic E-state index is 12.6. The summed E-state index contributed by atoms with van der Waals surface area (Å²) in [5.74, 6) is -0.328. The van der Waals surface area contributed by atoms with Gasteiger partial charge in [-0.3, -0.25) is 9.59 Å². The molecule has 2 aliphatic heterocycles. The molecule has 0 fully saturated rings. The molecule has 3 N–H and O–H groups in total. The number of thioether (sulfide) groups is 1. The molecule has 3 aromatic carbocycles. The SMILES string of the molecule is CCCC1=NNC(=O)/C1=C1/C=C(Sc2ccc(NC(=O)c3ccccc3)cc2)c2ccccc2N1. The highest BCUT2D eigenvalue weighted by atomic mass is 32.2.